The number of carbonyl (C=O) groups excluding carboxylic acids is 1. The summed E-state index contributed by atoms with van der Waals surface area (Å²) in [6.07, 6.45) is 0.652. The van der Waals surface area contributed by atoms with E-state index >= 15 is 0 Å². The first-order chi connectivity index (χ1) is 12.0. The molecule has 5 nitrogen and oxygen atoms in total. The number of anilines is 1. The molecule has 2 N–H and O–H groups in total. The molecule has 0 aromatic heterocycles. The molecular weight excluding hydrogens is 330 g/mol. The lowest BCUT2D eigenvalue weighted by Gasteiger charge is -2.19. The van der Waals surface area contributed by atoms with Gasteiger partial charge in [0.05, 0.1) is 5.69 Å². The second kappa shape index (κ2) is 7.38. The number of phenolic OH excluding ortho intramolecular Hbond substituents is 1. The van der Waals surface area contributed by atoms with Gasteiger partial charge < -0.3 is 20.1 Å². The van der Waals surface area contributed by atoms with Crippen LogP contribution >= 0.6 is 0 Å². The Morgan fingerprint density at radius 2 is 2.08 bits per heavy atom. The van der Waals surface area contributed by atoms with Gasteiger partial charge in [-0.2, -0.15) is 0 Å². The summed E-state index contributed by atoms with van der Waals surface area (Å²) in [6.45, 7) is 0.775. The second-order valence-electron chi connectivity index (χ2n) is 5.85. The Bertz CT molecular complexity index is 770. The molecule has 1 aliphatic rings. The summed E-state index contributed by atoms with van der Waals surface area (Å²) in [5, 5.41) is 12.4. The van der Waals surface area contributed by atoms with E-state index in [2.05, 4.69) is 5.32 Å². The van der Waals surface area contributed by atoms with Crippen LogP contribution in [-0.4, -0.2) is 36.8 Å². The molecule has 1 aliphatic heterocycles. The zero-order valence-electron chi connectivity index (χ0n) is 13.4. The highest BCUT2D eigenvalue weighted by atomic mass is 19.1. The van der Waals surface area contributed by atoms with Gasteiger partial charge >= 0.3 is 0 Å². The van der Waals surface area contributed by atoms with E-state index in [-0.39, 0.29) is 30.1 Å². The zero-order valence-corrected chi connectivity index (χ0v) is 13.4. The van der Waals surface area contributed by atoms with Crippen LogP contribution in [0.2, 0.25) is 0 Å². The summed E-state index contributed by atoms with van der Waals surface area (Å²) in [4.78, 5) is 13.7. The van der Waals surface area contributed by atoms with Crippen molar-refractivity contribution < 1.29 is 23.4 Å². The number of hydrogen-bond donors (Lipinski definition) is 2. The van der Waals surface area contributed by atoms with Crippen molar-refractivity contribution in [1.29, 1.82) is 0 Å². The third-order valence-corrected chi connectivity index (χ3v) is 4.03. The van der Waals surface area contributed by atoms with Crippen LogP contribution in [0.25, 0.3) is 0 Å². The van der Waals surface area contributed by atoms with Gasteiger partial charge in [0.15, 0.2) is 18.1 Å². The number of nitrogens with zero attached hydrogens (tertiary/aromatic N) is 1. The van der Waals surface area contributed by atoms with Gasteiger partial charge in [-0.25, -0.2) is 8.78 Å². The van der Waals surface area contributed by atoms with E-state index in [1.165, 1.54) is 18.2 Å². The van der Waals surface area contributed by atoms with Crippen molar-refractivity contribution in [3.05, 3.63) is 54.1 Å². The fourth-order valence-electron chi connectivity index (χ4n) is 2.83. The first-order valence-corrected chi connectivity index (χ1v) is 7.93. The second-order valence-corrected chi connectivity index (χ2v) is 5.85. The molecule has 1 saturated heterocycles. The van der Waals surface area contributed by atoms with E-state index in [1.54, 1.807) is 23.1 Å². The average Bonchev–Trinajstić information content (AvgIpc) is 3.02. The Labute approximate surface area is 143 Å². The van der Waals surface area contributed by atoms with Crippen LogP contribution in [0.5, 0.6) is 11.5 Å². The molecule has 1 unspecified atom stereocenters. The van der Waals surface area contributed by atoms with Crippen molar-refractivity contribution in [1.82, 2.24) is 5.32 Å². The SMILES string of the molecule is O=C(COc1ccccc1O)NC1CCN(c2ccc(F)cc2F)C1. The molecule has 2 aromatic rings. The Hall–Kier alpha value is -2.83. The largest absolute Gasteiger partial charge is 0.504 e. The number of rotatable bonds is 5. The fraction of sp³-hybridized carbons (Fsp3) is 0.278. The maximum absolute atomic E-state index is 13.8. The predicted molar refractivity (Wildman–Crippen MR) is 88.7 cm³/mol. The van der Waals surface area contributed by atoms with Crippen molar-refractivity contribution in [2.75, 3.05) is 24.6 Å². The maximum atomic E-state index is 13.8. The Balaban J connectivity index is 1.51. The minimum absolute atomic E-state index is 0.0332. The van der Waals surface area contributed by atoms with Crippen molar-refractivity contribution in [2.45, 2.75) is 12.5 Å². The van der Waals surface area contributed by atoms with Crippen molar-refractivity contribution in [3.63, 3.8) is 0 Å². The number of ether oxygens (including phenoxy) is 1. The normalized spacial score (nSPS) is 16.7. The van der Waals surface area contributed by atoms with Crippen LogP contribution in [0, 0.1) is 11.6 Å². The molecule has 1 heterocycles. The lowest BCUT2D eigenvalue weighted by atomic mass is 10.2. The third-order valence-electron chi connectivity index (χ3n) is 4.03. The number of benzene rings is 2. The Kier molecular flexibility index (Phi) is 5.02. The van der Waals surface area contributed by atoms with Crippen LogP contribution in [-0.2, 0) is 4.79 Å². The molecule has 1 fully saturated rings. The monoisotopic (exact) mass is 348 g/mol. The number of nitrogens with one attached hydrogen (secondary N) is 1. The summed E-state index contributed by atoms with van der Waals surface area (Å²) >= 11 is 0. The van der Waals surface area contributed by atoms with E-state index in [1.807, 2.05) is 0 Å². The molecule has 0 aliphatic carbocycles. The van der Waals surface area contributed by atoms with Gasteiger partial charge in [-0.1, -0.05) is 12.1 Å². The first-order valence-electron chi connectivity index (χ1n) is 7.93. The molecule has 25 heavy (non-hydrogen) atoms. The number of phenols is 1. The standard InChI is InChI=1S/C18H18F2N2O3/c19-12-5-6-15(14(20)9-12)22-8-7-13(10-22)21-18(24)11-25-17-4-2-1-3-16(17)23/h1-6,9,13,23H,7-8,10-11H2,(H,21,24). The number of hydrogen-bond acceptors (Lipinski definition) is 4. The topological polar surface area (TPSA) is 61.8 Å². The van der Waals surface area contributed by atoms with Gasteiger partial charge in [0.1, 0.15) is 11.6 Å². The lowest BCUT2D eigenvalue weighted by Crippen LogP contribution is -2.39. The number of halogens is 2. The van der Waals surface area contributed by atoms with Crippen LogP contribution in [0.15, 0.2) is 42.5 Å². The summed E-state index contributed by atoms with van der Waals surface area (Å²) < 4.78 is 32.1. The van der Waals surface area contributed by atoms with Crippen LogP contribution < -0.4 is 15.0 Å². The van der Waals surface area contributed by atoms with E-state index in [0.717, 1.165) is 6.07 Å². The molecule has 3 rings (SSSR count). The third kappa shape index (κ3) is 4.17. The Morgan fingerprint density at radius 1 is 1.28 bits per heavy atom. The fourth-order valence-corrected chi connectivity index (χ4v) is 2.83. The smallest absolute Gasteiger partial charge is 0.258 e. The first kappa shape index (κ1) is 17.0. The number of carbonyl (C=O) groups is 1. The molecule has 0 spiro atoms. The molecule has 132 valence electrons. The molecule has 0 radical (unpaired) electrons. The van der Waals surface area contributed by atoms with E-state index < -0.39 is 11.6 Å². The highest BCUT2D eigenvalue weighted by Crippen LogP contribution is 2.25. The van der Waals surface area contributed by atoms with Gasteiger partial charge in [0, 0.05) is 25.2 Å². The van der Waals surface area contributed by atoms with Crippen LogP contribution in [0.1, 0.15) is 6.42 Å². The lowest BCUT2D eigenvalue weighted by molar-refractivity contribution is -0.123. The predicted octanol–water partition coefficient (Wildman–Crippen LogP) is 2.44. The van der Waals surface area contributed by atoms with Gasteiger partial charge in [-0.3, -0.25) is 4.79 Å². The molecule has 1 amide bonds. The minimum Gasteiger partial charge on any atom is -0.504 e. The maximum Gasteiger partial charge on any atom is 0.258 e. The molecule has 2 aromatic carbocycles. The number of para-hydroxylation sites is 2. The molecular formula is C18H18F2N2O3. The van der Waals surface area contributed by atoms with Crippen LogP contribution in [0.4, 0.5) is 14.5 Å². The van der Waals surface area contributed by atoms with Gasteiger partial charge in [0.25, 0.3) is 5.91 Å². The summed E-state index contributed by atoms with van der Waals surface area (Å²) in [7, 11) is 0. The van der Waals surface area contributed by atoms with Crippen molar-refractivity contribution in [2.24, 2.45) is 0 Å². The molecule has 0 bridgehead atoms. The molecule has 1 atom stereocenters. The van der Waals surface area contributed by atoms with Gasteiger partial charge in [-0.15, -0.1) is 0 Å². The molecule has 7 heteroatoms. The molecule has 0 saturated carbocycles. The summed E-state index contributed by atoms with van der Waals surface area (Å²) in [5.41, 5.74) is 0.323. The van der Waals surface area contributed by atoms with Crippen molar-refractivity contribution >= 4 is 11.6 Å². The summed E-state index contributed by atoms with van der Waals surface area (Å²) in [6, 6.07) is 9.70. The quantitative estimate of drug-likeness (QED) is 0.871. The van der Waals surface area contributed by atoms with Crippen molar-refractivity contribution in [3.8, 4) is 11.5 Å². The zero-order chi connectivity index (χ0) is 17.8. The highest BCUT2D eigenvalue weighted by Gasteiger charge is 2.26. The Morgan fingerprint density at radius 3 is 2.84 bits per heavy atom. The summed E-state index contributed by atoms with van der Waals surface area (Å²) in [5.74, 6) is -1.36. The van der Waals surface area contributed by atoms with E-state index in [9.17, 15) is 18.7 Å². The number of aromatic hydroxyl groups is 1. The highest BCUT2D eigenvalue weighted by molar-refractivity contribution is 5.78. The number of amides is 1. The average molecular weight is 348 g/mol. The van der Waals surface area contributed by atoms with Gasteiger partial charge in [-0.05, 0) is 30.7 Å². The van der Waals surface area contributed by atoms with Gasteiger partial charge in [0.2, 0.25) is 0 Å². The minimum atomic E-state index is -0.619. The van der Waals surface area contributed by atoms with E-state index in [4.69, 9.17) is 4.74 Å². The van der Waals surface area contributed by atoms with Crippen LogP contribution in [0.3, 0.4) is 0 Å². The van der Waals surface area contributed by atoms with E-state index in [0.29, 0.717) is 25.2 Å².